The molecule has 1 atom stereocenters. The average Bonchev–Trinajstić information content (AvgIpc) is 2.62. The van der Waals surface area contributed by atoms with Gasteiger partial charge in [-0.2, -0.15) is 0 Å². The van der Waals surface area contributed by atoms with Crippen molar-refractivity contribution in [3.05, 3.63) is 84.9 Å². The highest BCUT2D eigenvalue weighted by Gasteiger charge is 2.20. The first-order valence-electron chi connectivity index (χ1n) is 8.78. The monoisotopic (exact) mass is 364 g/mol. The van der Waals surface area contributed by atoms with Crippen LogP contribution in [0.2, 0.25) is 0 Å². The first kappa shape index (κ1) is 18.3. The summed E-state index contributed by atoms with van der Waals surface area (Å²) < 4.78 is 0. The molecule has 128 valence electrons. The standard InChI is InChI=1S/C23H26P2/c1-23(2,3)18-24-21-16-10-11-17-22(21)25(19-12-6-4-7-13-19)20-14-8-5-9-15-20/h4-17,24H,18H2,1-3H3. The van der Waals surface area contributed by atoms with Crippen molar-refractivity contribution in [2.45, 2.75) is 20.8 Å². The van der Waals surface area contributed by atoms with Crippen molar-refractivity contribution < 1.29 is 0 Å². The molecule has 0 fully saturated rings. The second-order valence-electron chi connectivity index (χ2n) is 7.44. The summed E-state index contributed by atoms with van der Waals surface area (Å²) in [7, 11) is 0.346. The van der Waals surface area contributed by atoms with E-state index in [2.05, 4.69) is 106 Å². The maximum atomic E-state index is 2.34. The fraction of sp³-hybridized carbons (Fsp3) is 0.217. The van der Waals surface area contributed by atoms with Crippen LogP contribution in [0.3, 0.4) is 0 Å². The van der Waals surface area contributed by atoms with Crippen molar-refractivity contribution in [3.8, 4) is 0 Å². The molecule has 1 unspecified atom stereocenters. The van der Waals surface area contributed by atoms with E-state index < -0.39 is 7.92 Å². The van der Waals surface area contributed by atoms with Crippen LogP contribution in [0.1, 0.15) is 20.8 Å². The topological polar surface area (TPSA) is 0 Å². The minimum atomic E-state index is -0.507. The van der Waals surface area contributed by atoms with Gasteiger partial charge in [-0.1, -0.05) is 114 Å². The fourth-order valence-corrected chi connectivity index (χ4v) is 6.88. The maximum absolute atomic E-state index is 2.34. The molecular weight excluding hydrogens is 338 g/mol. The van der Waals surface area contributed by atoms with E-state index in [1.807, 2.05) is 0 Å². The zero-order chi connectivity index (χ0) is 17.7. The number of hydrogen-bond acceptors (Lipinski definition) is 0. The highest BCUT2D eigenvalue weighted by molar-refractivity contribution is 7.81. The average molecular weight is 364 g/mol. The molecule has 0 aliphatic rings. The van der Waals surface area contributed by atoms with Gasteiger partial charge in [0, 0.05) is 0 Å². The lowest BCUT2D eigenvalue weighted by Gasteiger charge is -2.24. The highest BCUT2D eigenvalue weighted by atomic mass is 31.1. The Morgan fingerprint density at radius 1 is 0.680 bits per heavy atom. The van der Waals surface area contributed by atoms with Gasteiger partial charge in [0.15, 0.2) is 0 Å². The summed E-state index contributed by atoms with van der Waals surface area (Å²) in [5, 5.41) is 5.89. The van der Waals surface area contributed by atoms with E-state index in [1.165, 1.54) is 27.4 Å². The number of benzene rings is 3. The SMILES string of the molecule is CC(C)(C)CPc1ccccc1P(c1ccccc1)c1ccccc1. The molecule has 0 saturated heterocycles. The minimum Gasteiger partial charge on any atom is -0.0891 e. The van der Waals surface area contributed by atoms with Crippen LogP contribution in [0.15, 0.2) is 84.9 Å². The Kier molecular flexibility index (Phi) is 6.06. The van der Waals surface area contributed by atoms with Crippen LogP contribution in [0.5, 0.6) is 0 Å². The molecule has 3 aromatic rings. The molecule has 0 aromatic heterocycles. The molecule has 0 heterocycles. The third-order valence-corrected chi connectivity index (χ3v) is 8.75. The molecule has 0 aliphatic heterocycles. The Morgan fingerprint density at radius 3 is 1.68 bits per heavy atom. The van der Waals surface area contributed by atoms with E-state index in [1.54, 1.807) is 0 Å². The first-order chi connectivity index (χ1) is 12.0. The summed E-state index contributed by atoms with van der Waals surface area (Å²) >= 11 is 0. The highest BCUT2D eigenvalue weighted by Crippen LogP contribution is 2.34. The summed E-state index contributed by atoms with van der Waals surface area (Å²) in [5.41, 5.74) is 0.369. The molecule has 2 heteroatoms. The van der Waals surface area contributed by atoms with Crippen LogP contribution >= 0.6 is 16.5 Å². The van der Waals surface area contributed by atoms with Gasteiger partial charge in [0.05, 0.1) is 0 Å². The van der Waals surface area contributed by atoms with Crippen molar-refractivity contribution in [1.29, 1.82) is 0 Å². The van der Waals surface area contributed by atoms with Gasteiger partial charge >= 0.3 is 0 Å². The van der Waals surface area contributed by atoms with Gasteiger partial charge in [0.2, 0.25) is 0 Å². The van der Waals surface area contributed by atoms with Crippen molar-refractivity contribution in [2.24, 2.45) is 5.41 Å². The second kappa shape index (κ2) is 8.27. The molecular formula is C23H26P2. The quantitative estimate of drug-likeness (QED) is 0.571. The van der Waals surface area contributed by atoms with Gasteiger partial charge in [-0.25, -0.2) is 0 Å². The lowest BCUT2D eigenvalue weighted by atomic mass is 10.0. The second-order valence-corrected chi connectivity index (χ2v) is 10.9. The number of hydrogen-bond donors (Lipinski definition) is 0. The van der Waals surface area contributed by atoms with Gasteiger partial charge in [-0.15, -0.1) is 0 Å². The van der Waals surface area contributed by atoms with Gasteiger partial charge < -0.3 is 0 Å². The Balaban J connectivity index is 2.06. The predicted molar refractivity (Wildman–Crippen MR) is 117 cm³/mol. The van der Waals surface area contributed by atoms with E-state index in [0.717, 1.165) is 8.58 Å². The summed E-state index contributed by atoms with van der Waals surface area (Å²) in [5.74, 6) is 0. The molecule has 0 aliphatic carbocycles. The van der Waals surface area contributed by atoms with Gasteiger partial charge in [-0.05, 0) is 40.7 Å². The van der Waals surface area contributed by atoms with E-state index in [-0.39, 0.29) is 0 Å². The van der Waals surface area contributed by atoms with Crippen LogP contribution in [-0.4, -0.2) is 6.16 Å². The molecule has 3 aromatic carbocycles. The zero-order valence-electron chi connectivity index (χ0n) is 15.2. The van der Waals surface area contributed by atoms with Crippen molar-refractivity contribution in [3.63, 3.8) is 0 Å². The lowest BCUT2D eigenvalue weighted by Crippen LogP contribution is -2.29. The smallest absolute Gasteiger partial charge is 0.00768 e. The minimum absolute atomic E-state index is 0.369. The fourth-order valence-electron chi connectivity index (χ4n) is 2.76. The Hall–Kier alpha value is -1.48. The normalized spacial score (nSPS) is 12.2. The molecule has 0 spiro atoms. The van der Waals surface area contributed by atoms with E-state index in [4.69, 9.17) is 0 Å². The molecule has 0 bridgehead atoms. The summed E-state index contributed by atoms with van der Waals surface area (Å²) in [6, 6.07) is 31.0. The Bertz CT molecular complexity index is 750. The van der Waals surface area contributed by atoms with E-state index >= 15 is 0 Å². The van der Waals surface area contributed by atoms with Crippen molar-refractivity contribution in [1.82, 2.24) is 0 Å². The molecule has 0 nitrogen and oxygen atoms in total. The third kappa shape index (κ3) is 5.01. The molecule has 0 saturated carbocycles. The third-order valence-electron chi connectivity index (χ3n) is 3.98. The van der Waals surface area contributed by atoms with Crippen LogP contribution in [-0.2, 0) is 0 Å². The molecule has 25 heavy (non-hydrogen) atoms. The Morgan fingerprint density at radius 2 is 1.16 bits per heavy atom. The van der Waals surface area contributed by atoms with E-state index in [0.29, 0.717) is 5.41 Å². The number of rotatable bonds is 5. The van der Waals surface area contributed by atoms with Gasteiger partial charge in [-0.3, -0.25) is 0 Å². The van der Waals surface area contributed by atoms with Crippen LogP contribution in [0.25, 0.3) is 0 Å². The predicted octanol–water partition coefficient (Wildman–Crippen LogP) is 4.79. The van der Waals surface area contributed by atoms with Crippen molar-refractivity contribution in [2.75, 3.05) is 6.16 Å². The first-order valence-corrected chi connectivity index (χ1v) is 11.3. The molecule has 0 amide bonds. The summed E-state index contributed by atoms with van der Waals surface area (Å²) in [4.78, 5) is 0. The summed E-state index contributed by atoms with van der Waals surface area (Å²) in [6.45, 7) is 7.00. The van der Waals surface area contributed by atoms with Crippen LogP contribution in [0.4, 0.5) is 0 Å². The van der Waals surface area contributed by atoms with Gasteiger partial charge in [0.25, 0.3) is 0 Å². The Labute approximate surface area is 155 Å². The van der Waals surface area contributed by atoms with Gasteiger partial charge in [0.1, 0.15) is 0 Å². The summed E-state index contributed by atoms with van der Waals surface area (Å²) in [6.07, 6.45) is 1.23. The van der Waals surface area contributed by atoms with E-state index in [9.17, 15) is 0 Å². The lowest BCUT2D eigenvalue weighted by molar-refractivity contribution is 0.479. The molecule has 0 N–H and O–H groups in total. The van der Waals surface area contributed by atoms with Crippen molar-refractivity contribution >= 4 is 37.7 Å². The van der Waals surface area contributed by atoms with Crippen LogP contribution in [0, 0.1) is 5.41 Å². The van der Waals surface area contributed by atoms with Crippen LogP contribution < -0.4 is 21.2 Å². The largest absolute Gasteiger partial charge is 0.0891 e. The zero-order valence-corrected chi connectivity index (χ0v) is 17.1. The molecule has 3 rings (SSSR count). The maximum Gasteiger partial charge on any atom is -0.00768 e. The molecule has 0 radical (unpaired) electrons.